The Labute approximate surface area is 89.5 Å². The van der Waals surface area contributed by atoms with Crippen molar-refractivity contribution < 1.29 is 4.42 Å². The van der Waals surface area contributed by atoms with Crippen LogP contribution >= 0.6 is 0 Å². The van der Waals surface area contributed by atoms with Gasteiger partial charge in [-0.3, -0.25) is 0 Å². The first kappa shape index (κ1) is 10.1. The molecule has 3 nitrogen and oxygen atoms in total. The van der Waals surface area contributed by atoms with E-state index in [1.165, 1.54) is 5.56 Å². The molecule has 2 aromatic heterocycles. The highest BCUT2D eigenvalue weighted by molar-refractivity contribution is 5.73. The summed E-state index contributed by atoms with van der Waals surface area (Å²) in [6, 6.07) is 0. The van der Waals surface area contributed by atoms with Crippen LogP contribution in [0.4, 0.5) is 0 Å². The fraction of sp³-hybridized carbons (Fsp3) is 0.500. The van der Waals surface area contributed by atoms with Crippen molar-refractivity contribution in [3.05, 3.63) is 22.7 Å². The van der Waals surface area contributed by atoms with Crippen molar-refractivity contribution in [2.45, 2.75) is 40.5 Å². The highest BCUT2D eigenvalue weighted by Crippen LogP contribution is 2.25. The second kappa shape index (κ2) is 3.33. The largest absolute Gasteiger partial charge is 0.438 e. The number of oxazole rings is 1. The van der Waals surface area contributed by atoms with Crippen LogP contribution in [0.15, 0.2) is 4.42 Å². The number of fused-ring (bicyclic) bond motifs is 1. The van der Waals surface area contributed by atoms with Crippen LogP contribution in [0.2, 0.25) is 0 Å². The predicted molar refractivity (Wildman–Crippen MR) is 60.1 cm³/mol. The van der Waals surface area contributed by atoms with E-state index in [2.05, 4.69) is 37.7 Å². The van der Waals surface area contributed by atoms with Gasteiger partial charge in [-0.1, -0.05) is 13.8 Å². The summed E-state index contributed by atoms with van der Waals surface area (Å²) in [6.07, 6.45) is 0. The van der Waals surface area contributed by atoms with Crippen LogP contribution in [0, 0.1) is 20.8 Å². The molecular weight excluding hydrogens is 188 g/mol. The molecule has 15 heavy (non-hydrogen) atoms. The SMILES string of the molecule is Cc1nc2nc(C(C)C)oc2c(C)c1C. The molecule has 0 bridgehead atoms. The zero-order chi connectivity index (χ0) is 11.2. The highest BCUT2D eigenvalue weighted by atomic mass is 16.3. The van der Waals surface area contributed by atoms with E-state index in [0.29, 0.717) is 5.92 Å². The maximum atomic E-state index is 5.72. The Morgan fingerprint density at radius 2 is 1.67 bits per heavy atom. The molecule has 2 aromatic rings. The first-order chi connectivity index (χ1) is 7.00. The zero-order valence-corrected chi connectivity index (χ0v) is 9.88. The third kappa shape index (κ3) is 1.52. The second-order valence-corrected chi connectivity index (χ2v) is 4.31. The summed E-state index contributed by atoms with van der Waals surface area (Å²) in [6.45, 7) is 10.3. The Morgan fingerprint density at radius 3 is 2.27 bits per heavy atom. The lowest BCUT2D eigenvalue weighted by molar-refractivity contribution is 0.500. The molecule has 0 aromatic carbocycles. The van der Waals surface area contributed by atoms with E-state index in [9.17, 15) is 0 Å². The monoisotopic (exact) mass is 204 g/mol. The Bertz CT molecular complexity index is 512. The van der Waals surface area contributed by atoms with Gasteiger partial charge >= 0.3 is 0 Å². The molecule has 0 atom stereocenters. The van der Waals surface area contributed by atoms with Crippen molar-refractivity contribution in [2.75, 3.05) is 0 Å². The molecule has 0 fully saturated rings. The Morgan fingerprint density at radius 1 is 1.00 bits per heavy atom. The molecule has 0 spiro atoms. The van der Waals surface area contributed by atoms with Crippen molar-refractivity contribution in [1.29, 1.82) is 0 Å². The van der Waals surface area contributed by atoms with E-state index in [-0.39, 0.29) is 0 Å². The lowest BCUT2D eigenvalue weighted by atomic mass is 10.1. The topological polar surface area (TPSA) is 38.9 Å². The predicted octanol–water partition coefficient (Wildman–Crippen LogP) is 3.27. The van der Waals surface area contributed by atoms with Crippen LogP contribution in [-0.2, 0) is 0 Å². The second-order valence-electron chi connectivity index (χ2n) is 4.31. The number of nitrogens with zero attached hydrogens (tertiary/aromatic N) is 2. The van der Waals surface area contributed by atoms with Gasteiger partial charge in [-0.25, -0.2) is 4.98 Å². The molecule has 0 saturated heterocycles. The smallest absolute Gasteiger partial charge is 0.199 e. The minimum Gasteiger partial charge on any atom is -0.438 e. The average molecular weight is 204 g/mol. The lowest BCUT2D eigenvalue weighted by Crippen LogP contribution is -1.91. The fourth-order valence-corrected chi connectivity index (χ4v) is 1.58. The maximum absolute atomic E-state index is 5.72. The lowest BCUT2D eigenvalue weighted by Gasteiger charge is -2.02. The molecule has 0 aliphatic heterocycles. The van der Waals surface area contributed by atoms with Gasteiger partial charge in [-0.15, -0.1) is 0 Å². The van der Waals surface area contributed by atoms with E-state index in [4.69, 9.17) is 4.42 Å². The molecule has 0 unspecified atom stereocenters. The molecule has 0 N–H and O–H groups in total. The first-order valence-corrected chi connectivity index (χ1v) is 5.25. The van der Waals surface area contributed by atoms with E-state index in [1.807, 2.05) is 6.92 Å². The van der Waals surface area contributed by atoms with E-state index in [1.54, 1.807) is 0 Å². The number of aromatic nitrogens is 2. The summed E-state index contributed by atoms with van der Waals surface area (Å²) in [5.74, 6) is 1.07. The minimum atomic E-state index is 0.305. The van der Waals surface area contributed by atoms with Gasteiger partial charge < -0.3 is 4.42 Å². The van der Waals surface area contributed by atoms with Crippen molar-refractivity contribution in [3.8, 4) is 0 Å². The standard InChI is InChI=1S/C12H16N2O/c1-6(2)12-14-11-10(15-12)8(4)7(3)9(5)13-11/h6H,1-5H3. The van der Waals surface area contributed by atoms with Crippen LogP contribution < -0.4 is 0 Å². The molecular formula is C12H16N2O. The van der Waals surface area contributed by atoms with Gasteiger partial charge in [0.05, 0.1) is 0 Å². The zero-order valence-electron chi connectivity index (χ0n) is 9.88. The highest BCUT2D eigenvalue weighted by Gasteiger charge is 2.14. The van der Waals surface area contributed by atoms with Crippen LogP contribution in [0.5, 0.6) is 0 Å². The summed E-state index contributed by atoms with van der Waals surface area (Å²) in [7, 11) is 0. The van der Waals surface area contributed by atoms with E-state index < -0.39 is 0 Å². The number of hydrogen-bond donors (Lipinski definition) is 0. The quantitative estimate of drug-likeness (QED) is 0.715. The van der Waals surface area contributed by atoms with Crippen molar-refractivity contribution in [1.82, 2.24) is 9.97 Å². The average Bonchev–Trinajstić information content (AvgIpc) is 2.58. The molecule has 0 aliphatic rings. The van der Waals surface area contributed by atoms with E-state index >= 15 is 0 Å². The first-order valence-electron chi connectivity index (χ1n) is 5.25. The minimum absolute atomic E-state index is 0.305. The van der Waals surface area contributed by atoms with Crippen LogP contribution in [-0.4, -0.2) is 9.97 Å². The molecule has 0 aliphatic carbocycles. The van der Waals surface area contributed by atoms with Crippen molar-refractivity contribution in [2.24, 2.45) is 0 Å². The maximum Gasteiger partial charge on any atom is 0.199 e. The Balaban J connectivity index is 2.76. The fourth-order valence-electron chi connectivity index (χ4n) is 1.58. The van der Waals surface area contributed by atoms with Gasteiger partial charge in [0, 0.05) is 17.2 Å². The van der Waals surface area contributed by atoms with Gasteiger partial charge in [0.2, 0.25) is 0 Å². The van der Waals surface area contributed by atoms with Crippen LogP contribution in [0.25, 0.3) is 11.2 Å². The van der Waals surface area contributed by atoms with Gasteiger partial charge in [-0.05, 0) is 26.3 Å². The molecule has 80 valence electrons. The van der Waals surface area contributed by atoms with Crippen LogP contribution in [0.1, 0.15) is 42.5 Å². The summed E-state index contributed by atoms with van der Waals surface area (Å²) in [4.78, 5) is 8.83. The molecule has 2 rings (SSSR count). The Kier molecular flexibility index (Phi) is 2.25. The van der Waals surface area contributed by atoms with E-state index in [0.717, 1.165) is 28.4 Å². The van der Waals surface area contributed by atoms with Gasteiger partial charge in [0.1, 0.15) is 0 Å². The molecule has 3 heteroatoms. The number of hydrogen-bond acceptors (Lipinski definition) is 3. The van der Waals surface area contributed by atoms with Gasteiger partial charge in [-0.2, -0.15) is 4.98 Å². The Hall–Kier alpha value is -1.38. The summed E-state index contributed by atoms with van der Waals surface area (Å²) in [5.41, 5.74) is 4.94. The van der Waals surface area contributed by atoms with Gasteiger partial charge in [0.15, 0.2) is 17.1 Å². The number of rotatable bonds is 1. The third-order valence-corrected chi connectivity index (χ3v) is 2.84. The summed E-state index contributed by atoms with van der Waals surface area (Å²) in [5, 5.41) is 0. The normalized spacial score (nSPS) is 11.6. The van der Waals surface area contributed by atoms with Gasteiger partial charge in [0.25, 0.3) is 0 Å². The molecule has 0 radical (unpaired) electrons. The molecule has 0 saturated carbocycles. The third-order valence-electron chi connectivity index (χ3n) is 2.84. The van der Waals surface area contributed by atoms with Crippen molar-refractivity contribution in [3.63, 3.8) is 0 Å². The summed E-state index contributed by atoms with van der Waals surface area (Å²) >= 11 is 0. The molecule has 2 heterocycles. The summed E-state index contributed by atoms with van der Waals surface area (Å²) < 4.78 is 5.72. The van der Waals surface area contributed by atoms with Crippen molar-refractivity contribution >= 4 is 11.2 Å². The molecule has 0 amide bonds. The van der Waals surface area contributed by atoms with Crippen LogP contribution in [0.3, 0.4) is 0 Å². The number of aryl methyl sites for hydroxylation is 2. The number of pyridine rings is 1.